The van der Waals surface area contributed by atoms with Crippen LogP contribution in [0.25, 0.3) is 0 Å². The molecule has 5 heteroatoms. The highest BCUT2D eigenvalue weighted by molar-refractivity contribution is 5.74. The van der Waals surface area contributed by atoms with Gasteiger partial charge in [0, 0.05) is 19.5 Å². The number of likely N-dealkylation sites (tertiary alicyclic amines) is 1. The summed E-state index contributed by atoms with van der Waals surface area (Å²) < 4.78 is 11.4. The van der Waals surface area contributed by atoms with Gasteiger partial charge >= 0.3 is 11.9 Å². The van der Waals surface area contributed by atoms with Gasteiger partial charge in [-0.15, -0.1) is 0 Å². The molecule has 0 bridgehead atoms. The molecule has 1 aliphatic heterocycles. The minimum Gasteiger partial charge on any atom is -0.466 e. The number of esters is 2. The zero-order valence-electron chi connectivity index (χ0n) is 30.0. The molecule has 1 saturated heterocycles. The summed E-state index contributed by atoms with van der Waals surface area (Å²) in [4.78, 5) is 26.9. The van der Waals surface area contributed by atoms with E-state index in [1.54, 1.807) is 0 Å². The first-order valence-electron chi connectivity index (χ1n) is 19.5. The van der Waals surface area contributed by atoms with Crippen molar-refractivity contribution in [2.75, 3.05) is 33.4 Å². The zero-order valence-corrected chi connectivity index (χ0v) is 30.0. The summed E-state index contributed by atoms with van der Waals surface area (Å²) in [5.41, 5.74) is 0. The predicted octanol–water partition coefficient (Wildman–Crippen LogP) is 11.7. The number of unbranched alkanes of at least 4 members (excludes halogenated alkanes) is 16. The van der Waals surface area contributed by atoms with Gasteiger partial charge in [-0.3, -0.25) is 9.59 Å². The van der Waals surface area contributed by atoms with Gasteiger partial charge in [0.15, 0.2) is 0 Å². The Hall–Kier alpha value is -1.10. The van der Waals surface area contributed by atoms with E-state index in [2.05, 4.69) is 32.7 Å². The average Bonchev–Trinajstić information content (AvgIpc) is 3.00. The van der Waals surface area contributed by atoms with Crippen LogP contribution >= 0.6 is 0 Å². The van der Waals surface area contributed by atoms with E-state index in [0.29, 0.717) is 25.6 Å². The lowest BCUT2D eigenvalue weighted by atomic mass is 9.92. The smallest absolute Gasteiger partial charge is 0.311 e. The molecule has 1 unspecified atom stereocenters. The number of hydrogen-bond donors (Lipinski definition) is 0. The Kier molecular flexibility index (Phi) is 30.7. The van der Waals surface area contributed by atoms with E-state index in [0.717, 1.165) is 38.3 Å². The zero-order chi connectivity index (χ0) is 32.1. The molecule has 0 aromatic heterocycles. The summed E-state index contributed by atoms with van der Waals surface area (Å²) in [5, 5.41) is 0. The molecule has 0 amide bonds. The Morgan fingerprint density at radius 2 is 1.00 bits per heavy atom. The first kappa shape index (κ1) is 43.9. The van der Waals surface area contributed by atoms with Crippen molar-refractivity contribution in [2.24, 2.45) is 17.8 Å². The molecule has 0 aromatic rings. The van der Waals surface area contributed by atoms with Gasteiger partial charge in [-0.05, 0) is 44.6 Å². The fraction of sp³-hybridized carbons (Fsp3) is 0.950. The third-order valence-electron chi connectivity index (χ3n) is 9.79. The van der Waals surface area contributed by atoms with Crippen molar-refractivity contribution >= 4 is 11.9 Å². The lowest BCUT2D eigenvalue weighted by molar-refractivity contribution is -0.155. The number of nitrogens with zero attached hydrogens (tertiary/aromatic N) is 1. The normalized spacial score (nSPS) is 14.2. The summed E-state index contributed by atoms with van der Waals surface area (Å²) >= 11 is 0. The summed E-state index contributed by atoms with van der Waals surface area (Å²) in [6.07, 6.45) is 32.0. The van der Waals surface area contributed by atoms with Crippen LogP contribution in [0.1, 0.15) is 195 Å². The van der Waals surface area contributed by atoms with Gasteiger partial charge in [0.2, 0.25) is 0 Å². The molecule has 1 fully saturated rings. The average molecular weight is 638 g/mol. The Balaban J connectivity index is 0.0000194. The maximum atomic E-state index is 12.4. The van der Waals surface area contributed by atoms with Crippen LogP contribution in [0.4, 0.5) is 0 Å². The molecule has 0 spiro atoms. The molecule has 1 atom stereocenters. The number of rotatable bonds is 32. The van der Waals surface area contributed by atoms with Gasteiger partial charge in [-0.2, -0.15) is 0 Å². The second-order valence-electron chi connectivity index (χ2n) is 14.2. The van der Waals surface area contributed by atoms with E-state index < -0.39 is 0 Å². The van der Waals surface area contributed by atoms with Crippen molar-refractivity contribution in [3.63, 3.8) is 0 Å². The monoisotopic (exact) mass is 638 g/mol. The van der Waals surface area contributed by atoms with Crippen molar-refractivity contribution in [1.29, 1.82) is 0 Å². The van der Waals surface area contributed by atoms with Crippen LogP contribution in [0.15, 0.2) is 0 Å². The van der Waals surface area contributed by atoms with Crippen molar-refractivity contribution in [3.05, 3.63) is 0 Å². The molecule has 5 nitrogen and oxygen atoms in total. The van der Waals surface area contributed by atoms with Crippen molar-refractivity contribution in [2.45, 2.75) is 195 Å². The molecule has 1 heterocycles. The van der Waals surface area contributed by atoms with Gasteiger partial charge in [-0.1, -0.05) is 163 Å². The lowest BCUT2D eigenvalue weighted by Gasteiger charge is -2.34. The van der Waals surface area contributed by atoms with Gasteiger partial charge < -0.3 is 14.4 Å². The molecule has 0 aromatic carbocycles. The highest BCUT2D eigenvalue weighted by atomic mass is 16.5. The van der Waals surface area contributed by atoms with E-state index in [1.807, 2.05) is 0 Å². The fourth-order valence-corrected chi connectivity index (χ4v) is 6.66. The molecule has 0 N–H and O–H groups in total. The van der Waals surface area contributed by atoms with Crippen LogP contribution in [0.3, 0.4) is 0 Å². The molecule has 1 rings (SSSR count). The largest absolute Gasteiger partial charge is 0.466 e. The second kappa shape index (κ2) is 31.5. The number of hydrogen-bond acceptors (Lipinski definition) is 5. The van der Waals surface area contributed by atoms with Gasteiger partial charge in [0.05, 0.1) is 19.1 Å². The maximum Gasteiger partial charge on any atom is 0.311 e. The van der Waals surface area contributed by atoms with Crippen molar-refractivity contribution in [3.8, 4) is 0 Å². The highest BCUT2D eigenvalue weighted by Gasteiger charge is 2.31. The highest BCUT2D eigenvalue weighted by Crippen LogP contribution is 2.23. The third kappa shape index (κ3) is 25.6. The van der Waals surface area contributed by atoms with Crippen LogP contribution in [0, 0.1) is 17.8 Å². The molecule has 1 aliphatic rings. The Labute approximate surface area is 281 Å². The minimum atomic E-state index is -0.00207. The molecule has 0 aliphatic carbocycles. The minimum absolute atomic E-state index is 0. The van der Waals surface area contributed by atoms with Crippen LogP contribution in [0.2, 0.25) is 0 Å². The first-order chi connectivity index (χ1) is 21.5. The predicted molar refractivity (Wildman–Crippen MR) is 194 cm³/mol. The second-order valence-corrected chi connectivity index (χ2v) is 14.2. The van der Waals surface area contributed by atoms with Crippen LogP contribution in [-0.2, 0) is 19.1 Å². The maximum absolute atomic E-state index is 12.4. The molecule has 0 radical (unpaired) electrons. The van der Waals surface area contributed by atoms with E-state index in [-0.39, 0.29) is 25.3 Å². The fourth-order valence-electron chi connectivity index (χ4n) is 6.66. The Bertz CT molecular complexity index is 653. The summed E-state index contributed by atoms with van der Waals surface area (Å²) in [7, 11) is 2.06. The van der Waals surface area contributed by atoms with Gasteiger partial charge in [0.25, 0.3) is 0 Å². The third-order valence-corrected chi connectivity index (χ3v) is 9.79. The number of carbonyl (C=O) groups is 2. The van der Waals surface area contributed by atoms with Crippen LogP contribution in [-0.4, -0.2) is 50.2 Å². The van der Waals surface area contributed by atoms with Gasteiger partial charge in [0.1, 0.15) is 0 Å². The van der Waals surface area contributed by atoms with E-state index >= 15 is 0 Å². The molecular formula is C40H79NO4. The summed E-state index contributed by atoms with van der Waals surface area (Å²) in [6, 6.07) is 0. The van der Waals surface area contributed by atoms with Gasteiger partial charge in [-0.25, -0.2) is 0 Å². The Morgan fingerprint density at radius 1 is 0.578 bits per heavy atom. The lowest BCUT2D eigenvalue weighted by Crippen LogP contribution is -2.48. The first-order valence-corrected chi connectivity index (χ1v) is 19.5. The summed E-state index contributed by atoms with van der Waals surface area (Å²) in [6.45, 7) is 9.70. The van der Waals surface area contributed by atoms with Crippen molar-refractivity contribution in [1.82, 2.24) is 4.90 Å². The molecular weight excluding hydrogens is 558 g/mol. The van der Waals surface area contributed by atoms with Crippen LogP contribution in [0.5, 0.6) is 0 Å². The number of carbonyl (C=O) groups excluding carboxylic acids is 2. The standard InChI is InChI=1S/C39H75NO4.CH4/c1-5-8-11-12-13-14-17-22-27-36(34-44-39(42)37-32-40(4)33-37)28-23-18-15-16-19-24-29-38(41)43-31-30-35(25-20-9-6-2)26-21-10-7-3;/h35-37H,5-34H2,1-4H3;1H4. The van der Waals surface area contributed by atoms with Crippen LogP contribution < -0.4 is 0 Å². The van der Waals surface area contributed by atoms with E-state index in [4.69, 9.17) is 9.47 Å². The molecule has 268 valence electrons. The molecule has 0 saturated carbocycles. The van der Waals surface area contributed by atoms with E-state index in [9.17, 15) is 9.59 Å². The SMILES string of the molecule is C.CCCCCCCCCCC(CCCCCCCCC(=O)OCCC(CCCCC)CCCCC)COC(=O)C1CN(C)C1. The quantitative estimate of drug-likeness (QED) is 0.0542. The van der Waals surface area contributed by atoms with Crippen molar-refractivity contribution < 1.29 is 19.1 Å². The Morgan fingerprint density at radius 3 is 1.51 bits per heavy atom. The molecule has 45 heavy (non-hydrogen) atoms. The number of ether oxygens (including phenoxy) is 2. The van der Waals surface area contributed by atoms with E-state index in [1.165, 1.54) is 141 Å². The topological polar surface area (TPSA) is 55.8 Å². The summed E-state index contributed by atoms with van der Waals surface area (Å²) in [5.74, 6) is 1.32.